The normalized spacial score (nSPS) is 11.3. The molecule has 0 saturated carbocycles. The number of nitrogens with one attached hydrogen (secondary N) is 1. The zero-order valence-electron chi connectivity index (χ0n) is 12.0. The molecule has 1 aromatic carbocycles. The first-order chi connectivity index (χ1) is 8.44. The minimum atomic E-state index is 0.113. The lowest BCUT2D eigenvalue weighted by atomic mass is 10.1. The molecule has 0 bridgehead atoms. The summed E-state index contributed by atoms with van der Waals surface area (Å²) in [4.78, 5) is 0. The third-order valence-corrected chi connectivity index (χ3v) is 2.67. The Kier molecular flexibility index (Phi) is 5.42. The van der Waals surface area contributed by atoms with Crippen LogP contribution in [0.25, 0.3) is 0 Å². The molecule has 0 aromatic heterocycles. The van der Waals surface area contributed by atoms with Gasteiger partial charge in [-0.2, -0.15) is 0 Å². The van der Waals surface area contributed by atoms with E-state index >= 15 is 0 Å². The average molecular weight is 247 g/mol. The summed E-state index contributed by atoms with van der Waals surface area (Å²) in [6, 6.07) is 6.29. The second-order valence-corrected chi connectivity index (χ2v) is 5.59. The number of para-hydroxylation sites is 1. The van der Waals surface area contributed by atoms with Crippen molar-refractivity contribution in [2.24, 2.45) is 0 Å². The van der Waals surface area contributed by atoms with E-state index < -0.39 is 0 Å². The first-order valence-electron chi connectivity index (χ1n) is 6.51. The fourth-order valence-corrected chi connectivity index (χ4v) is 1.66. The third-order valence-electron chi connectivity index (χ3n) is 2.67. The Bertz CT molecular complexity index is 391. The summed E-state index contributed by atoms with van der Waals surface area (Å²) in [5, 5.41) is 3.50. The van der Waals surface area contributed by atoms with Crippen LogP contribution in [0.15, 0.2) is 30.9 Å². The van der Waals surface area contributed by atoms with E-state index in [4.69, 9.17) is 4.74 Å². The van der Waals surface area contributed by atoms with Gasteiger partial charge in [0.1, 0.15) is 5.75 Å². The van der Waals surface area contributed by atoms with Crippen LogP contribution in [0.5, 0.6) is 5.75 Å². The van der Waals surface area contributed by atoms with Crippen molar-refractivity contribution in [2.45, 2.75) is 46.2 Å². The Morgan fingerprint density at radius 3 is 2.67 bits per heavy atom. The molecule has 0 aliphatic rings. The van der Waals surface area contributed by atoms with Crippen LogP contribution < -0.4 is 10.1 Å². The van der Waals surface area contributed by atoms with Gasteiger partial charge in [-0.1, -0.05) is 24.3 Å². The van der Waals surface area contributed by atoms with Gasteiger partial charge in [0.05, 0.1) is 6.61 Å². The number of ether oxygens (including phenoxy) is 1. The SMILES string of the molecule is C=CCCOc1c(C)cccc1CNC(C)(C)C. The number of hydrogen-bond donors (Lipinski definition) is 1. The van der Waals surface area contributed by atoms with Gasteiger partial charge in [-0.25, -0.2) is 0 Å². The van der Waals surface area contributed by atoms with Crippen molar-refractivity contribution >= 4 is 0 Å². The Morgan fingerprint density at radius 1 is 1.33 bits per heavy atom. The zero-order chi connectivity index (χ0) is 13.6. The smallest absolute Gasteiger partial charge is 0.126 e. The number of rotatable bonds is 6. The van der Waals surface area contributed by atoms with Crippen LogP contribution in [-0.4, -0.2) is 12.1 Å². The fraction of sp³-hybridized carbons (Fsp3) is 0.500. The maximum Gasteiger partial charge on any atom is 0.126 e. The molecule has 2 heteroatoms. The van der Waals surface area contributed by atoms with Gasteiger partial charge >= 0.3 is 0 Å². The average Bonchev–Trinajstić information content (AvgIpc) is 2.28. The molecule has 0 aliphatic heterocycles. The molecule has 1 N–H and O–H groups in total. The van der Waals surface area contributed by atoms with Crippen molar-refractivity contribution < 1.29 is 4.74 Å². The van der Waals surface area contributed by atoms with Crippen LogP contribution in [-0.2, 0) is 6.54 Å². The van der Waals surface area contributed by atoms with Crippen molar-refractivity contribution in [3.63, 3.8) is 0 Å². The first-order valence-corrected chi connectivity index (χ1v) is 6.51. The summed E-state index contributed by atoms with van der Waals surface area (Å²) in [6.45, 7) is 13.8. The topological polar surface area (TPSA) is 21.3 Å². The quantitative estimate of drug-likeness (QED) is 0.609. The molecule has 0 unspecified atom stereocenters. The monoisotopic (exact) mass is 247 g/mol. The molecule has 0 spiro atoms. The lowest BCUT2D eigenvalue weighted by Crippen LogP contribution is -2.35. The maximum absolute atomic E-state index is 5.86. The molecular formula is C16H25NO. The predicted molar refractivity (Wildman–Crippen MR) is 78.1 cm³/mol. The van der Waals surface area contributed by atoms with Crippen LogP contribution >= 0.6 is 0 Å². The van der Waals surface area contributed by atoms with Gasteiger partial charge in [0.2, 0.25) is 0 Å². The molecule has 100 valence electrons. The summed E-state index contributed by atoms with van der Waals surface area (Å²) in [7, 11) is 0. The fourth-order valence-electron chi connectivity index (χ4n) is 1.66. The van der Waals surface area contributed by atoms with Crippen LogP contribution in [0.3, 0.4) is 0 Å². The highest BCUT2D eigenvalue weighted by Gasteiger charge is 2.12. The Balaban J connectivity index is 2.76. The molecule has 0 saturated heterocycles. The van der Waals surface area contributed by atoms with E-state index in [-0.39, 0.29) is 5.54 Å². The summed E-state index contributed by atoms with van der Waals surface area (Å²) in [6.07, 6.45) is 2.76. The van der Waals surface area contributed by atoms with Crippen LogP contribution in [0.2, 0.25) is 0 Å². The summed E-state index contributed by atoms with van der Waals surface area (Å²) >= 11 is 0. The standard InChI is InChI=1S/C16H25NO/c1-6-7-11-18-15-13(2)9-8-10-14(15)12-17-16(3,4)5/h6,8-10,17H,1,7,11-12H2,2-5H3. The van der Waals surface area contributed by atoms with E-state index in [1.54, 1.807) is 0 Å². The molecule has 1 aromatic rings. The molecule has 0 aliphatic carbocycles. The highest BCUT2D eigenvalue weighted by molar-refractivity contribution is 5.40. The third kappa shape index (κ3) is 4.92. The lowest BCUT2D eigenvalue weighted by molar-refractivity contribution is 0.316. The Morgan fingerprint density at radius 2 is 2.06 bits per heavy atom. The maximum atomic E-state index is 5.86. The van der Waals surface area contributed by atoms with E-state index in [1.165, 1.54) is 11.1 Å². The van der Waals surface area contributed by atoms with Gasteiger partial charge in [0.15, 0.2) is 0 Å². The van der Waals surface area contributed by atoms with Gasteiger partial charge in [0, 0.05) is 17.6 Å². The van der Waals surface area contributed by atoms with Crippen LogP contribution in [0.4, 0.5) is 0 Å². The van der Waals surface area contributed by atoms with Gasteiger partial charge < -0.3 is 10.1 Å². The Labute approximate surface area is 111 Å². The van der Waals surface area contributed by atoms with Crippen molar-refractivity contribution in [3.8, 4) is 5.75 Å². The van der Waals surface area contributed by atoms with Crippen molar-refractivity contribution in [2.75, 3.05) is 6.61 Å². The number of aryl methyl sites for hydroxylation is 1. The van der Waals surface area contributed by atoms with Gasteiger partial charge in [-0.15, -0.1) is 6.58 Å². The van der Waals surface area contributed by atoms with E-state index in [1.807, 2.05) is 6.08 Å². The predicted octanol–water partition coefficient (Wildman–Crippen LogP) is 3.84. The largest absolute Gasteiger partial charge is 0.493 e. The molecule has 0 fully saturated rings. The molecular weight excluding hydrogens is 222 g/mol. The van der Waals surface area contributed by atoms with Crippen LogP contribution in [0.1, 0.15) is 38.3 Å². The molecule has 1 rings (SSSR count). The van der Waals surface area contributed by atoms with E-state index in [0.717, 1.165) is 18.7 Å². The van der Waals surface area contributed by atoms with Gasteiger partial charge in [0.25, 0.3) is 0 Å². The zero-order valence-corrected chi connectivity index (χ0v) is 12.0. The minimum Gasteiger partial charge on any atom is -0.493 e. The van der Waals surface area contributed by atoms with Crippen molar-refractivity contribution in [1.82, 2.24) is 5.32 Å². The van der Waals surface area contributed by atoms with Gasteiger partial charge in [-0.05, 0) is 39.7 Å². The van der Waals surface area contributed by atoms with Crippen LogP contribution in [0, 0.1) is 6.92 Å². The highest BCUT2D eigenvalue weighted by Crippen LogP contribution is 2.24. The molecule has 2 nitrogen and oxygen atoms in total. The van der Waals surface area contributed by atoms with E-state index in [2.05, 4.69) is 57.8 Å². The Hall–Kier alpha value is -1.28. The molecule has 0 atom stereocenters. The van der Waals surface area contributed by atoms with E-state index in [9.17, 15) is 0 Å². The second kappa shape index (κ2) is 6.60. The second-order valence-electron chi connectivity index (χ2n) is 5.59. The lowest BCUT2D eigenvalue weighted by Gasteiger charge is -2.22. The minimum absolute atomic E-state index is 0.113. The summed E-state index contributed by atoms with van der Waals surface area (Å²) in [5.74, 6) is 1.01. The molecule has 0 radical (unpaired) electrons. The summed E-state index contributed by atoms with van der Waals surface area (Å²) in [5.41, 5.74) is 2.52. The first kappa shape index (κ1) is 14.8. The van der Waals surface area contributed by atoms with Crippen molar-refractivity contribution in [3.05, 3.63) is 42.0 Å². The molecule has 0 heterocycles. The van der Waals surface area contributed by atoms with Gasteiger partial charge in [-0.3, -0.25) is 0 Å². The highest BCUT2D eigenvalue weighted by atomic mass is 16.5. The number of benzene rings is 1. The molecule has 18 heavy (non-hydrogen) atoms. The van der Waals surface area contributed by atoms with E-state index in [0.29, 0.717) is 6.61 Å². The number of hydrogen-bond acceptors (Lipinski definition) is 2. The molecule has 0 amide bonds. The summed E-state index contributed by atoms with van der Waals surface area (Å²) < 4.78 is 5.86. The van der Waals surface area contributed by atoms with Crippen molar-refractivity contribution in [1.29, 1.82) is 0 Å².